The third-order valence-corrected chi connectivity index (χ3v) is 1.91. The number of aromatic nitrogens is 1. The fourth-order valence-corrected chi connectivity index (χ4v) is 1.16. The molecule has 0 aliphatic heterocycles. The Balaban J connectivity index is 3.37. The van der Waals surface area contributed by atoms with Gasteiger partial charge in [-0.05, 0) is 25.5 Å². The number of carbonyl (C=O) groups is 1. The summed E-state index contributed by atoms with van der Waals surface area (Å²) in [6, 6.07) is 1.35. The van der Waals surface area contributed by atoms with E-state index in [9.17, 15) is 4.79 Å². The van der Waals surface area contributed by atoms with E-state index >= 15 is 0 Å². The van der Waals surface area contributed by atoms with Gasteiger partial charge in [0.05, 0.1) is 5.56 Å². The fourth-order valence-electron chi connectivity index (χ4n) is 0.921. The van der Waals surface area contributed by atoms with Gasteiger partial charge in [-0.25, -0.2) is 9.78 Å². The van der Waals surface area contributed by atoms with Gasteiger partial charge < -0.3 is 5.11 Å². The Kier molecular flexibility index (Phi) is 2.33. The summed E-state index contributed by atoms with van der Waals surface area (Å²) < 4.78 is 0. The third-order valence-electron chi connectivity index (χ3n) is 1.72. The first-order valence-corrected chi connectivity index (χ1v) is 3.77. The highest BCUT2D eigenvalue weighted by Crippen LogP contribution is 2.15. The Morgan fingerprint density at radius 3 is 2.67 bits per heavy atom. The van der Waals surface area contributed by atoms with Crippen LogP contribution in [-0.4, -0.2) is 16.1 Å². The van der Waals surface area contributed by atoms with Gasteiger partial charge in [0.2, 0.25) is 0 Å². The average molecular weight is 186 g/mol. The lowest BCUT2D eigenvalue weighted by Crippen LogP contribution is -2.02. The first kappa shape index (κ1) is 9.00. The van der Waals surface area contributed by atoms with Gasteiger partial charge in [0.1, 0.15) is 5.15 Å². The number of halogens is 1. The molecule has 1 aromatic rings. The maximum absolute atomic E-state index is 10.6. The standard InChI is InChI=1S/C8H8ClNO2/c1-4-5(2)10-7(9)3-6(4)8(11)12/h3H,1-2H3,(H,11,12). The van der Waals surface area contributed by atoms with E-state index in [0.717, 1.165) is 0 Å². The zero-order chi connectivity index (χ0) is 9.30. The average Bonchev–Trinajstić information content (AvgIpc) is 1.96. The molecule has 0 bridgehead atoms. The van der Waals surface area contributed by atoms with Gasteiger partial charge in [-0.1, -0.05) is 11.6 Å². The topological polar surface area (TPSA) is 50.2 Å². The van der Waals surface area contributed by atoms with E-state index in [1.807, 2.05) is 0 Å². The van der Waals surface area contributed by atoms with Crippen molar-refractivity contribution in [2.45, 2.75) is 13.8 Å². The molecule has 1 heterocycles. The first-order valence-electron chi connectivity index (χ1n) is 3.39. The summed E-state index contributed by atoms with van der Waals surface area (Å²) in [5, 5.41) is 8.95. The Bertz CT molecular complexity index is 336. The Morgan fingerprint density at radius 2 is 2.17 bits per heavy atom. The molecule has 1 aromatic heterocycles. The van der Waals surface area contributed by atoms with Crippen LogP contribution in [0.25, 0.3) is 0 Å². The van der Waals surface area contributed by atoms with Gasteiger partial charge in [0.15, 0.2) is 0 Å². The second-order valence-corrected chi connectivity index (χ2v) is 2.90. The first-order chi connectivity index (χ1) is 5.52. The molecular formula is C8H8ClNO2. The van der Waals surface area contributed by atoms with Crippen LogP contribution in [0.5, 0.6) is 0 Å². The van der Waals surface area contributed by atoms with Crippen LogP contribution in [-0.2, 0) is 0 Å². The van der Waals surface area contributed by atoms with Gasteiger partial charge >= 0.3 is 5.97 Å². The minimum Gasteiger partial charge on any atom is -0.478 e. The van der Waals surface area contributed by atoms with Crippen molar-refractivity contribution < 1.29 is 9.90 Å². The summed E-state index contributed by atoms with van der Waals surface area (Å²) >= 11 is 5.59. The number of hydrogen-bond donors (Lipinski definition) is 1. The Labute approximate surface area is 75.0 Å². The van der Waals surface area contributed by atoms with E-state index in [1.54, 1.807) is 13.8 Å². The molecule has 0 amide bonds. The number of carboxylic acids is 1. The lowest BCUT2D eigenvalue weighted by molar-refractivity contribution is 0.0696. The van der Waals surface area contributed by atoms with Crippen molar-refractivity contribution in [2.75, 3.05) is 0 Å². The van der Waals surface area contributed by atoms with E-state index < -0.39 is 5.97 Å². The quantitative estimate of drug-likeness (QED) is 0.682. The molecule has 64 valence electrons. The largest absolute Gasteiger partial charge is 0.478 e. The summed E-state index contributed by atoms with van der Waals surface area (Å²) in [6.45, 7) is 3.44. The molecule has 0 fully saturated rings. The summed E-state index contributed by atoms with van der Waals surface area (Å²) in [5.41, 5.74) is 1.53. The molecule has 0 saturated carbocycles. The van der Waals surface area contributed by atoms with Crippen LogP contribution in [0.4, 0.5) is 0 Å². The highest BCUT2D eigenvalue weighted by atomic mass is 35.5. The normalized spacial score (nSPS) is 9.92. The van der Waals surface area contributed by atoms with E-state index in [2.05, 4.69) is 4.98 Å². The highest BCUT2D eigenvalue weighted by Gasteiger charge is 2.10. The lowest BCUT2D eigenvalue weighted by Gasteiger charge is -2.03. The second-order valence-electron chi connectivity index (χ2n) is 2.51. The molecular weight excluding hydrogens is 178 g/mol. The predicted molar refractivity (Wildman–Crippen MR) is 45.7 cm³/mol. The van der Waals surface area contributed by atoms with Crippen LogP contribution in [0, 0.1) is 13.8 Å². The summed E-state index contributed by atoms with van der Waals surface area (Å²) in [5.74, 6) is -0.972. The summed E-state index contributed by atoms with van der Waals surface area (Å²) in [4.78, 5) is 14.6. The molecule has 4 heteroatoms. The second kappa shape index (κ2) is 3.11. The number of nitrogens with zero attached hydrogens (tertiary/aromatic N) is 1. The molecule has 1 rings (SSSR count). The van der Waals surface area contributed by atoms with Crippen LogP contribution >= 0.6 is 11.6 Å². The summed E-state index contributed by atoms with van der Waals surface area (Å²) in [7, 11) is 0. The monoisotopic (exact) mass is 185 g/mol. The molecule has 3 nitrogen and oxygen atoms in total. The Morgan fingerprint density at radius 1 is 1.58 bits per heavy atom. The molecule has 1 N–H and O–H groups in total. The van der Waals surface area contributed by atoms with Gasteiger partial charge in [-0.15, -0.1) is 0 Å². The third kappa shape index (κ3) is 1.56. The van der Waals surface area contributed by atoms with Crippen LogP contribution < -0.4 is 0 Å². The molecule has 0 aromatic carbocycles. The molecule has 0 spiro atoms. The molecule has 0 radical (unpaired) electrons. The van der Waals surface area contributed by atoms with E-state index in [-0.39, 0.29) is 10.7 Å². The number of pyridine rings is 1. The summed E-state index contributed by atoms with van der Waals surface area (Å²) in [6.07, 6.45) is 0. The van der Waals surface area contributed by atoms with Crippen molar-refractivity contribution >= 4 is 17.6 Å². The van der Waals surface area contributed by atoms with Crippen LogP contribution in [0.15, 0.2) is 6.07 Å². The molecule has 0 unspecified atom stereocenters. The lowest BCUT2D eigenvalue weighted by atomic mass is 10.1. The fraction of sp³-hybridized carbons (Fsp3) is 0.250. The SMILES string of the molecule is Cc1nc(Cl)cc(C(=O)O)c1C. The minimum atomic E-state index is -0.972. The molecule has 0 atom stereocenters. The number of rotatable bonds is 1. The molecule has 0 aliphatic carbocycles. The van der Waals surface area contributed by atoms with Gasteiger partial charge in [-0.3, -0.25) is 0 Å². The van der Waals surface area contributed by atoms with Crippen molar-refractivity contribution in [3.8, 4) is 0 Å². The van der Waals surface area contributed by atoms with Crippen LogP contribution in [0.2, 0.25) is 5.15 Å². The number of aromatic carboxylic acids is 1. The van der Waals surface area contributed by atoms with Crippen molar-refractivity contribution in [3.63, 3.8) is 0 Å². The smallest absolute Gasteiger partial charge is 0.336 e. The van der Waals surface area contributed by atoms with Gasteiger partial charge in [0, 0.05) is 5.69 Å². The van der Waals surface area contributed by atoms with E-state index in [4.69, 9.17) is 16.7 Å². The molecule has 0 aliphatic rings. The zero-order valence-electron chi connectivity index (χ0n) is 6.76. The van der Waals surface area contributed by atoms with E-state index in [1.165, 1.54) is 6.07 Å². The van der Waals surface area contributed by atoms with Gasteiger partial charge in [0.25, 0.3) is 0 Å². The maximum atomic E-state index is 10.6. The van der Waals surface area contributed by atoms with Crippen molar-refractivity contribution in [1.29, 1.82) is 0 Å². The number of carboxylic acid groups (broad SMARTS) is 1. The minimum absolute atomic E-state index is 0.215. The van der Waals surface area contributed by atoms with Crippen LogP contribution in [0.1, 0.15) is 21.6 Å². The van der Waals surface area contributed by atoms with Crippen LogP contribution in [0.3, 0.4) is 0 Å². The molecule has 0 saturated heterocycles. The van der Waals surface area contributed by atoms with E-state index in [0.29, 0.717) is 11.3 Å². The number of aryl methyl sites for hydroxylation is 1. The number of hydrogen-bond acceptors (Lipinski definition) is 2. The van der Waals surface area contributed by atoms with Crippen molar-refractivity contribution in [2.24, 2.45) is 0 Å². The zero-order valence-corrected chi connectivity index (χ0v) is 7.51. The van der Waals surface area contributed by atoms with Gasteiger partial charge in [-0.2, -0.15) is 0 Å². The van der Waals surface area contributed by atoms with Crippen molar-refractivity contribution in [3.05, 3.63) is 28.0 Å². The Hall–Kier alpha value is -1.09. The van der Waals surface area contributed by atoms with Crippen molar-refractivity contribution in [1.82, 2.24) is 4.98 Å². The molecule has 12 heavy (non-hydrogen) atoms. The maximum Gasteiger partial charge on any atom is 0.336 e. The predicted octanol–water partition coefficient (Wildman–Crippen LogP) is 2.05. The highest BCUT2D eigenvalue weighted by molar-refractivity contribution is 6.29.